The predicted molar refractivity (Wildman–Crippen MR) is 100 cm³/mol. The van der Waals surface area contributed by atoms with Gasteiger partial charge in [0, 0.05) is 39.1 Å². The van der Waals surface area contributed by atoms with Crippen molar-refractivity contribution < 1.29 is 28.3 Å². The first-order valence-electron chi connectivity index (χ1n) is 9.28. The van der Waals surface area contributed by atoms with Crippen molar-refractivity contribution in [3.63, 3.8) is 0 Å². The third-order valence-electron chi connectivity index (χ3n) is 4.40. The summed E-state index contributed by atoms with van der Waals surface area (Å²) in [7, 11) is 1.00. The van der Waals surface area contributed by atoms with Gasteiger partial charge in [0.05, 0.1) is 6.04 Å². The first-order valence-corrected chi connectivity index (χ1v) is 9.28. The molecular weight excluding hydrogens is 370 g/mol. The van der Waals surface area contributed by atoms with Crippen LogP contribution in [0.5, 0.6) is 0 Å². The molecule has 1 aromatic rings. The molecule has 1 aliphatic heterocycles. The number of aliphatic hydroxyl groups is 1. The van der Waals surface area contributed by atoms with Crippen LogP contribution in [-0.2, 0) is 20.9 Å². The molecule has 1 heterocycles. The van der Waals surface area contributed by atoms with E-state index in [1.807, 2.05) is 0 Å². The molecule has 2 fully saturated rings. The summed E-state index contributed by atoms with van der Waals surface area (Å²) in [5.74, 6) is -1.14. The summed E-state index contributed by atoms with van der Waals surface area (Å²) in [6.45, 7) is 2.24. The number of nitrogens with one attached hydrogen (secondary N) is 1. The van der Waals surface area contributed by atoms with Gasteiger partial charge in [-0.2, -0.15) is 0 Å². The van der Waals surface area contributed by atoms with Crippen LogP contribution in [0.25, 0.3) is 0 Å². The highest BCUT2D eigenvalue weighted by atomic mass is 19.2. The molecule has 1 atom stereocenters. The van der Waals surface area contributed by atoms with E-state index in [4.69, 9.17) is 5.11 Å². The van der Waals surface area contributed by atoms with Gasteiger partial charge in [-0.05, 0) is 24.8 Å². The highest BCUT2D eigenvalue weighted by Crippen LogP contribution is 2.33. The number of carbonyl (C=O) groups is 3. The fraction of sp³-hybridized carbons (Fsp3) is 0.550. The van der Waals surface area contributed by atoms with Crippen molar-refractivity contribution in [3.8, 4) is 0 Å². The van der Waals surface area contributed by atoms with Crippen molar-refractivity contribution in [1.82, 2.24) is 10.2 Å². The normalized spacial score (nSPS) is 16.3. The molecule has 0 spiro atoms. The summed E-state index contributed by atoms with van der Waals surface area (Å²) in [6, 6.07) is 3.78. The maximum absolute atomic E-state index is 13.3. The van der Waals surface area contributed by atoms with E-state index in [1.165, 1.54) is 31.9 Å². The number of benzene rings is 1. The Morgan fingerprint density at radius 1 is 1.36 bits per heavy atom. The number of rotatable bonds is 6. The topological polar surface area (TPSA) is 86.7 Å². The molecule has 8 heteroatoms. The Hall–Kier alpha value is -2.35. The lowest BCUT2D eigenvalue weighted by molar-refractivity contribution is -0.128. The van der Waals surface area contributed by atoms with Gasteiger partial charge in [0.15, 0.2) is 11.6 Å². The number of carbonyl (C=O) groups excluding carboxylic acids is 3. The van der Waals surface area contributed by atoms with Crippen LogP contribution < -0.4 is 5.32 Å². The van der Waals surface area contributed by atoms with E-state index in [0.29, 0.717) is 18.9 Å². The van der Waals surface area contributed by atoms with Crippen molar-refractivity contribution >= 4 is 18.1 Å². The Morgan fingerprint density at radius 2 is 2.04 bits per heavy atom. The van der Waals surface area contributed by atoms with Crippen LogP contribution in [0.3, 0.4) is 0 Å². The van der Waals surface area contributed by atoms with E-state index in [9.17, 15) is 23.2 Å². The lowest BCUT2D eigenvalue weighted by Crippen LogP contribution is -2.34. The van der Waals surface area contributed by atoms with E-state index < -0.39 is 11.6 Å². The number of aliphatic hydroxyl groups excluding tert-OH is 1. The smallest absolute Gasteiger partial charge is 0.222 e. The van der Waals surface area contributed by atoms with Crippen molar-refractivity contribution in [1.29, 1.82) is 0 Å². The Morgan fingerprint density at radius 3 is 2.54 bits per heavy atom. The fourth-order valence-corrected chi connectivity index (χ4v) is 2.87. The summed E-state index contributed by atoms with van der Waals surface area (Å²) < 4.78 is 26.1. The zero-order valence-electron chi connectivity index (χ0n) is 16.3. The molecule has 0 bridgehead atoms. The van der Waals surface area contributed by atoms with Crippen molar-refractivity contribution in [2.24, 2.45) is 5.92 Å². The zero-order chi connectivity index (χ0) is 21.1. The number of amides is 2. The molecule has 1 unspecified atom stereocenters. The lowest BCUT2D eigenvalue weighted by Gasteiger charge is -2.15. The minimum absolute atomic E-state index is 0.0126. The van der Waals surface area contributed by atoms with Crippen LogP contribution in [-0.4, -0.2) is 47.8 Å². The standard InChI is InChI=1S/C11H11F2NO.C8H13NO2.CH4O/c12-9-4-1-3-8(11(9)13)7-14-6-2-5-10(14)15;1-6(11)9-8(5-10)4-7-2-3-7;1-2/h1,3-4H,2,5-7H2;5,7-8H,2-4H2,1H3,(H,9,11);2H,1H3. The van der Waals surface area contributed by atoms with Gasteiger partial charge in [0.25, 0.3) is 0 Å². The van der Waals surface area contributed by atoms with Gasteiger partial charge in [0.2, 0.25) is 11.8 Å². The first-order chi connectivity index (χ1) is 13.4. The Balaban J connectivity index is 0.000000268. The summed E-state index contributed by atoms with van der Waals surface area (Å²) in [5.41, 5.74) is 0.241. The number of nitrogens with zero attached hydrogens (tertiary/aromatic N) is 1. The molecule has 0 radical (unpaired) electrons. The molecule has 28 heavy (non-hydrogen) atoms. The maximum atomic E-state index is 13.3. The monoisotopic (exact) mass is 398 g/mol. The minimum Gasteiger partial charge on any atom is -0.400 e. The van der Waals surface area contributed by atoms with Crippen LogP contribution >= 0.6 is 0 Å². The van der Waals surface area contributed by atoms with E-state index in [1.54, 1.807) is 4.90 Å². The highest BCUT2D eigenvalue weighted by Gasteiger charge is 2.25. The third kappa shape index (κ3) is 8.12. The molecule has 2 aliphatic rings. The molecule has 1 saturated heterocycles. The predicted octanol–water partition coefficient (Wildman–Crippen LogP) is 2.19. The summed E-state index contributed by atoms with van der Waals surface area (Å²) in [6.07, 6.45) is 5.38. The second-order valence-electron chi connectivity index (χ2n) is 6.75. The van der Waals surface area contributed by atoms with Crippen LogP contribution in [0.4, 0.5) is 8.78 Å². The second-order valence-corrected chi connectivity index (χ2v) is 6.75. The highest BCUT2D eigenvalue weighted by molar-refractivity contribution is 5.78. The number of hydrogen-bond acceptors (Lipinski definition) is 4. The van der Waals surface area contributed by atoms with E-state index >= 15 is 0 Å². The molecule has 1 aromatic carbocycles. The number of aldehydes is 1. The summed E-state index contributed by atoms with van der Waals surface area (Å²) in [4.78, 5) is 33.8. The van der Waals surface area contributed by atoms with Crippen molar-refractivity contribution in [2.75, 3.05) is 13.7 Å². The Labute approximate surface area is 163 Å². The molecule has 6 nitrogen and oxygen atoms in total. The van der Waals surface area contributed by atoms with Gasteiger partial charge in [-0.15, -0.1) is 0 Å². The summed E-state index contributed by atoms with van der Waals surface area (Å²) >= 11 is 0. The van der Waals surface area contributed by atoms with E-state index in [0.717, 1.165) is 32.3 Å². The Kier molecular flexibility index (Phi) is 10.3. The number of hydrogen-bond donors (Lipinski definition) is 2. The largest absolute Gasteiger partial charge is 0.400 e. The number of halogens is 2. The number of likely N-dealkylation sites (tertiary alicyclic amines) is 1. The first kappa shape index (κ1) is 23.7. The minimum atomic E-state index is -0.862. The zero-order valence-corrected chi connectivity index (χ0v) is 16.3. The SMILES string of the molecule is CC(=O)NC(C=O)CC1CC1.CO.O=C1CCCN1Cc1cccc(F)c1F. The molecule has 2 N–H and O–H groups in total. The van der Waals surface area contributed by atoms with Crippen LogP contribution in [0.1, 0.15) is 44.6 Å². The van der Waals surface area contributed by atoms with Gasteiger partial charge < -0.3 is 20.1 Å². The average Bonchev–Trinajstić information content (AvgIpc) is 3.41. The maximum Gasteiger partial charge on any atom is 0.222 e. The molecule has 0 aromatic heterocycles. The Bertz CT molecular complexity index is 666. The van der Waals surface area contributed by atoms with Crippen LogP contribution in [0.15, 0.2) is 18.2 Å². The van der Waals surface area contributed by atoms with Crippen LogP contribution in [0, 0.1) is 17.6 Å². The van der Waals surface area contributed by atoms with Crippen molar-refractivity contribution in [2.45, 2.75) is 51.6 Å². The molecular formula is C20H28F2N2O4. The summed E-state index contributed by atoms with van der Waals surface area (Å²) in [5, 5.41) is 9.59. The second kappa shape index (κ2) is 12.2. The average molecular weight is 398 g/mol. The van der Waals surface area contributed by atoms with Gasteiger partial charge in [-0.25, -0.2) is 8.78 Å². The fourth-order valence-electron chi connectivity index (χ4n) is 2.87. The van der Waals surface area contributed by atoms with Gasteiger partial charge in [-0.3, -0.25) is 9.59 Å². The van der Waals surface area contributed by atoms with Gasteiger partial charge in [0.1, 0.15) is 6.29 Å². The molecule has 1 aliphatic carbocycles. The lowest BCUT2D eigenvalue weighted by atomic mass is 10.1. The van der Waals surface area contributed by atoms with E-state index in [-0.39, 0.29) is 30.0 Å². The van der Waals surface area contributed by atoms with E-state index in [2.05, 4.69) is 5.32 Å². The molecule has 1 saturated carbocycles. The third-order valence-corrected chi connectivity index (χ3v) is 4.40. The van der Waals surface area contributed by atoms with Crippen molar-refractivity contribution in [3.05, 3.63) is 35.4 Å². The molecule has 2 amide bonds. The molecule has 156 valence electrons. The van der Waals surface area contributed by atoms with Gasteiger partial charge in [-0.1, -0.05) is 25.0 Å². The van der Waals surface area contributed by atoms with Crippen LogP contribution in [0.2, 0.25) is 0 Å². The quantitative estimate of drug-likeness (QED) is 0.719. The molecule has 3 rings (SSSR count). The van der Waals surface area contributed by atoms with Gasteiger partial charge >= 0.3 is 0 Å².